The molecule has 2 rings (SSSR count). The quantitative estimate of drug-likeness (QED) is 0.932. The fraction of sp³-hybridized carbons (Fsp3) is 0.533. The van der Waals surface area contributed by atoms with Crippen LogP contribution >= 0.6 is 0 Å². The van der Waals surface area contributed by atoms with Crippen molar-refractivity contribution in [2.45, 2.75) is 32.0 Å². The van der Waals surface area contributed by atoms with Crippen LogP contribution in [-0.2, 0) is 17.8 Å². The molecular weight excluding hydrogens is 281 g/mol. The van der Waals surface area contributed by atoms with Gasteiger partial charge in [-0.2, -0.15) is 13.2 Å². The number of rotatable bonds is 3. The second-order valence-corrected chi connectivity index (χ2v) is 5.42. The van der Waals surface area contributed by atoms with E-state index >= 15 is 0 Å². The van der Waals surface area contributed by atoms with E-state index in [1.807, 2.05) is 12.1 Å². The summed E-state index contributed by atoms with van der Waals surface area (Å²) in [5.74, 6) is -1.64. The molecule has 1 amide bonds. The normalized spacial score (nSPS) is 19.6. The SMILES string of the molecule is NCc1ccc(CC(=O)N2CCCC(C(F)(F)F)C2)cc1. The average molecular weight is 300 g/mol. The molecule has 1 heterocycles. The monoisotopic (exact) mass is 300 g/mol. The molecule has 1 unspecified atom stereocenters. The Balaban J connectivity index is 1.96. The summed E-state index contributed by atoms with van der Waals surface area (Å²) in [4.78, 5) is 13.5. The van der Waals surface area contributed by atoms with E-state index in [9.17, 15) is 18.0 Å². The molecule has 1 aromatic carbocycles. The lowest BCUT2D eigenvalue weighted by molar-refractivity contribution is -0.187. The first-order chi connectivity index (χ1) is 9.90. The minimum atomic E-state index is -4.22. The average Bonchev–Trinajstić information content (AvgIpc) is 2.47. The maximum atomic E-state index is 12.7. The minimum absolute atomic E-state index is 0.110. The Kier molecular flexibility index (Phi) is 4.88. The molecule has 0 aliphatic carbocycles. The van der Waals surface area contributed by atoms with Gasteiger partial charge in [-0.1, -0.05) is 24.3 Å². The second-order valence-electron chi connectivity index (χ2n) is 5.42. The van der Waals surface area contributed by atoms with Gasteiger partial charge < -0.3 is 10.6 Å². The highest BCUT2D eigenvalue weighted by molar-refractivity contribution is 5.78. The van der Waals surface area contributed by atoms with E-state index in [-0.39, 0.29) is 25.3 Å². The Bertz CT molecular complexity index is 485. The number of hydrogen-bond donors (Lipinski definition) is 1. The van der Waals surface area contributed by atoms with Gasteiger partial charge in [-0.15, -0.1) is 0 Å². The molecule has 3 nitrogen and oxygen atoms in total. The molecule has 0 bridgehead atoms. The molecule has 0 spiro atoms. The molecule has 116 valence electrons. The fourth-order valence-corrected chi connectivity index (χ4v) is 2.55. The smallest absolute Gasteiger partial charge is 0.342 e. The highest BCUT2D eigenvalue weighted by atomic mass is 19.4. The van der Waals surface area contributed by atoms with Crippen LogP contribution in [0.1, 0.15) is 24.0 Å². The lowest BCUT2D eigenvalue weighted by atomic mass is 9.97. The Morgan fingerprint density at radius 3 is 2.43 bits per heavy atom. The van der Waals surface area contributed by atoms with Crippen molar-refractivity contribution < 1.29 is 18.0 Å². The molecular formula is C15H19F3N2O. The van der Waals surface area contributed by atoms with Crippen molar-refractivity contribution in [3.05, 3.63) is 35.4 Å². The number of nitrogens with zero attached hydrogens (tertiary/aromatic N) is 1. The highest BCUT2D eigenvalue weighted by Gasteiger charge is 2.42. The van der Waals surface area contributed by atoms with Crippen molar-refractivity contribution >= 4 is 5.91 Å². The second kappa shape index (κ2) is 6.47. The zero-order valence-corrected chi connectivity index (χ0v) is 11.7. The van der Waals surface area contributed by atoms with Gasteiger partial charge in [0.05, 0.1) is 12.3 Å². The third kappa shape index (κ3) is 4.20. The van der Waals surface area contributed by atoms with Crippen molar-refractivity contribution in [3.8, 4) is 0 Å². The summed E-state index contributed by atoms with van der Waals surface area (Å²) in [7, 11) is 0. The van der Waals surface area contributed by atoms with Gasteiger partial charge in [-0.25, -0.2) is 0 Å². The lowest BCUT2D eigenvalue weighted by Crippen LogP contribution is -2.45. The van der Waals surface area contributed by atoms with Gasteiger partial charge in [0.1, 0.15) is 0 Å². The topological polar surface area (TPSA) is 46.3 Å². The number of likely N-dealkylation sites (tertiary alicyclic amines) is 1. The largest absolute Gasteiger partial charge is 0.393 e. The maximum absolute atomic E-state index is 12.7. The Morgan fingerprint density at radius 1 is 1.24 bits per heavy atom. The van der Waals surface area contributed by atoms with Crippen LogP contribution in [-0.4, -0.2) is 30.1 Å². The molecule has 1 fully saturated rings. The molecule has 6 heteroatoms. The van der Waals surface area contributed by atoms with Crippen molar-refractivity contribution in [2.24, 2.45) is 11.7 Å². The number of hydrogen-bond acceptors (Lipinski definition) is 2. The van der Waals surface area contributed by atoms with E-state index in [4.69, 9.17) is 5.73 Å². The number of alkyl halides is 3. The first-order valence-corrected chi connectivity index (χ1v) is 7.02. The zero-order valence-electron chi connectivity index (χ0n) is 11.7. The molecule has 1 aromatic rings. The first-order valence-electron chi connectivity index (χ1n) is 7.02. The van der Waals surface area contributed by atoms with E-state index < -0.39 is 12.1 Å². The van der Waals surface area contributed by atoms with Gasteiger partial charge in [0.15, 0.2) is 0 Å². The number of nitrogens with two attached hydrogens (primary N) is 1. The van der Waals surface area contributed by atoms with Gasteiger partial charge >= 0.3 is 6.18 Å². The fourth-order valence-electron chi connectivity index (χ4n) is 2.55. The minimum Gasteiger partial charge on any atom is -0.342 e. The Labute approximate surface area is 121 Å². The maximum Gasteiger partial charge on any atom is 0.393 e. The molecule has 1 aliphatic rings. The van der Waals surface area contributed by atoms with E-state index in [2.05, 4.69) is 0 Å². The Morgan fingerprint density at radius 2 is 1.86 bits per heavy atom. The summed E-state index contributed by atoms with van der Waals surface area (Å²) in [6.45, 7) is 0.614. The van der Waals surface area contributed by atoms with Gasteiger partial charge in [0, 0.05) is 19.6 Å². The lowest BCUT2D eigenvalue weighted by Gasteiger charge is -2.33. The van der Waals surface area contributed by atoms with Gasteiger partial charge in [-0.3, -0.25) is 4.79 Å². The summed E-state index contributed by atoms with van der Waals surface area (Å²) < 4.78 is 38.2. The third-order valence-electron chi connectivity index (χ3n) is 3.85. The number of piperidine rings is 1. The van der Waals surface area contributed by atoms with Crippen molar-refractivity contribution in [1.82, 2.24) is 4.90 Å². The number of benzene rings is 1. The summed E-state index contributed by atoms with van der Waals surface area (Å²) >= 11 is 0. The summed E-state index contributed by atoms with van der Waals surface area (Å²) in [5, 5.41) is 0. The molecule has 0 radical (unpaired) electrons. The van der Waals surface area contributed by atoms with E-state index in [1.54, 1.807) is 12.1 Å². The van der Waals surface area contributed by atoms with Crippen LogP contribution in [0.25, 0.3) is 0 Å². The molecule has 1 saturated heterocycles. The molecule has 1 atom stereocenters. The number of carbonyl (C=O) groups excluding carboxylic acids is 1. The van der Waals surface area contributed by atoms with Gasteiger partial charge in [0.2, 0.25) is 5.91 Å². The molecule has 0 aromatic heterocycles. The van der Waals surface area contributed by atoms with Crippen LogP contribution in [0.15, 0.2) is 24.3 Å². The summed E-state index contributed by atoms with van der Waals surface area (Å²) in [5.41, 5.74) is 7.25. The summed E-state index contributed by atoms with van der Waals surface area (Å²) in [6.07, 6.45) is -3.57. The number of halogens is 3. The standard InChI is InChI=1S/C15H19F3N2O/c16-15(17,18)13-2-1-7-20(10-13)14(21)8-11-3-5-12(9-19)6-4-11/h3-6,13H,1-2,7-10,19H2. The molecule has 1 aliphatic heterocycles. The van der Waals surface area contributed by atoms with Crippen LogP contribution in [0.3, 0.4) is 0 Å². The van der Waals surface area contributed by atoms with Crippen LogP contribution in [0, 0.1) is 5.92 Å². The van der Waals surface area contributed by atoms with Crippen LogP contribution in [0.4, 0.5) is 13.2 Å². The number of carbonyl (C=O) groups is 1. The van der Waals surface area contributed by atoms with Crippen LogP contribution < -0.4 is 5.73 Å². The molecule has 21 heavy (non-hydrogen) atoms. The van der Waals surface area contributed by atoms with Crippen LogP contribution in [0.5, 0.6) is 0 Å². The first kappa shape index (κ1) is 15.8. The highest BCUT2D eigenvalue weighted by Crippen LogP contribution is 2.33. The third-order valence-corrected chi connectivity index (χ3v) is 3.85. The van der Waals surface area contributed by atoms with Gasteiger partial charge in [0.25, 0.3) is 0 Å². The van der Waals surface area contributed by atoms with E-state index in [1.165, 1.54) is 4.90 Å². The number of amides is 1. The van der Waals surface area contributed by atoms with Crippen molar-refractivity contribution in [1.29, 1.82) is 0 Å². The Hall–Kier alpha value is -1.56. The predicted molar refractivity (Wildman–Crippen MR) is 73.4 cm³/mol. The van der Waals surface area contributed by atoms with Crippen LogP contribution in [0.2, 0.25) is 0 Å². The van der Waals surface area contributed by atoms with Crippen molar-refractivity contribution in [2.75, 3.05) is 13.1 Å². The predicted octanol–water partition coefficient (Wildman–Crippen LogP) is 2.49. The van der Waals surface area contributed by atoms with Gasteiger partial charge in [-0.05, 0) is 24.0 Å². The van der Waals surface area contributed by atoms with E-state index in [0.717, 1.165) is 11.1 Å². The van der Waals surface area contributed by atoms with Crippen molar-refractivity contribution in [3.63, 3.8) is 0 Å². The molecule has 0 saturated carbocycles. The zero-order chi connectivity index (χ0) is 15.5. The molecule has 2 N–H and O–H groups in total. The summed E-state index contributed by atoms with van der Waals surface area (Å²) in [6, 6.07) is 7.26. The van der Waals surface area contributed by atoms with E-state index in [0.29, 0.717) is 19.5 Å².